The van der Waals surface area contributed by atoms with Crippen molar-refractivity contribution in [2.45, 2.75) is 44.4 Å². The highest BCUT2D eigenvalue weighted by atomic mass is 16.5. The van der Waals surface area contributed by atoms with Crippen LogP contribution >= 0.6 is 0 Å². The third-order valence-electron chi connectivity index (χ3n) is 7.22. The fraction of sp³-hybridized carbons (Fsp3) is 0.464. The summed E-state index contributed by atoms with van der Waals surface area (Å²) in [7, 11) is 1.73. The number of methoxy groups -OCH3 is 1. The lowest BCUT2D eigenvalue weighted by Crippen LogP contribution is -2.44. The van der Waals surface area contributed by atoms with Crippen molar-refractivity contribution < 1.29 is 9.53 Å². The highest BCUT2D eigenvalue weighted by Gasteiger charge is 2.37. The Hall–Kier alpha value is -2.75. The fourth-order valence-corrected chi connectivity index (χ4v) is 5.15. The number of rotatable bonds is 7. The normalized spacial score (nSPS) is 19.7. The minimum absolute atomic E-state index is 0.181. The molecule has 4 rings (SSSR count). The van der Waals surface area contributed by atoms with Gasteiger partial charge in [-0.25, -0.2) is 0 Å². The van der Waals surface area contributed by atoms with E-state index in [4.69, 9.17) is 4.74 Å². The van der Waals surface area contributed by atoms with Gasteiger partial charge in [-0.1, -0.05) is 67.8 Å². The molecular weight excluding hydrogens is 396 g/mol. The Kier molecular flexibility index (Phi) is 7.19. The first kappa shape index (κ1) is 22.4. The van der Waals surface area contributed by atoms with Gasteiger partial charge in [-0.15, -0.1) is 0 Å². The molecule has 32 heavy (non-hydrogen) atoms. The molecule has 0 spiro atoms. The van der Waals surface area contributed by atoms with Gasteiger partial charge in [-0.05, 0) is 43.7 Å². The van der Waals surface area contributed by atoms with Crippen molar-refractivity contribution in [3.63, 3.8) is 0 Å². The largest absolute Gasteiger partial charge is 0.495 e. The second-order valence-corrected chi connectivity index (χ2v) is 9.28. The molecule has 1 saturated heterocycles. The van der Waals surface area contributed by atoms with Gasteiger partial charge < -0.3 is 14.5 Å². The minimum atomic E-state index is -0.580. The molecule has 4 nitrogen and oxygen atoms in total. The van der Waals surface area contributed by atoms with Gasteiger partial charge in [0.1, 0.15) is 11.5 Å². The molecule has 170 valence electrons. The van der Waals surface area contributed by atoms with Crippen LogP contribution in [-0.4, -0.2) is 44.0 Å². The van der Waals surface area contributed by atoms with Gasteiger partial charge >= 0.3 is 0 Å². The van der Waals surface area contributed by atoms with E-state index in [1.165, 1.54) is 19.3 Å². The van der Waals surface area contributed by atoms with E-state index in [1.807, 2.05) is 30.3 Å². The summed E-state index contributed by atoms with van der Waals surface area (Å²) in [6.07, 6.45) is 10.0. The van der Waals surface area contributed by atoms with E-state index >= 15 is 0 Å². The molecule has 1 unspecified atom stereocenters. The number of ketones is 1. The molecule has 0 N–H and O–H groups in total. The summed E-state index contributed by atoms with van der Waals surface area (Å²) >= 11 is 0. The number of allylic oxidation sites excluding steroid dienone is 1. The zero-order chi connectivity index (χ0) is 22.4. The number of piperazine rings is 1. The lowest BCUT2D eigenvalue weighted by Gasteiger charge is -2.37. The molecule has 1 saturated carbocycles. The summed E-state index contributed by atoms with van der Waals surface area (Å²) in [4.78, 5) is 18.4. The Bertz CT molecular complexity index is 912. The summed E-state index contributed by atoms with van der Waals surface area (Å²) in [6.45, 7) is 5.83. The Morgan fingerprint density at radius 2 is 1.59 bits per heavy atom. The van der Waals surface area contributed by atoms with E-state index in [0.717, 1.165) is 56.0 Å². The van der Waals surface area contributed by atoms with Crippen LogP contribution in [0.1, 0.15) is 44.6 Å². The number of carbonyl (C=O) groups excluding carboxylic acids is 1. The van der Waals surface area contributed by atoms with Crippen molar-refractivity contribution in [1.29, 1.82) is 0 Å². The van der Waals surface area contributed by atoms with Crippen LogP contribution in [0.3, 0.4) is 0 Å². The molecule has 1 aliphatic carbocycles. The molecule has 4 heteroatoms. The molecule has 0 bridgehead atoms. The predicted molar refractivity (Wildman–Crippen MR) is 131 cm³/mol. The van der Waals surface area contributed by atoms with E-state index < -0.39 is 5.41 Å². The summed E-state index contributed by atoms with van der Waals surface area (Å²) in [5.74, 6) is 1.49. The average molecular weight is 433 g/mol. The van der Waals surface area contributed by atoms with E-state index in [2.05, 4.69) is 53.3 Å². The Morgan fingerprint density at radius 1 is 0.938 bits per heavy atom. The summed E-state index contributed by atoms with van der Waals surface area (Å²) in [5.41, 5.74) is 1.67. The average Bonchev–Trinajstić information content (AvgIpc) is 2.88. The van der Waals surface area contributed by atoms with Crippen molar-refractivity contribution >= 4 is 11.5 Å². The monoisotopic (exact) mass is 432 g/mol. The van der Waals surface area contributed by atoms with E-state index in [1.54, 1.807) is 7.11 Å². The van der Waals surface area contributed by atoms with Crippen LogP contribution in [-0.2, 0) is 10.2 Å². The number of benzene rings is 2. The number of para-hydroxylation sites is 2. The number of hydrogen-bond acceptors (Lipinski definition) is 4. The second kappa shape index (κ2) is 10.2. The van der Waals surface area contributed by atoms with Gasteiger partial charge in [0.05, 0.1) is 18.2 Å². The van der Waals surface area contributed by atoms with Gasteiger partial charge in [0, 0.05) is 32.1 Å². The van der Waals surface area contributed by atoms with Crippen molar-refractivity contribution in [1.82, 2.24) is 4.90 Å². The highest BCUT2D eigenvalue weighted by Crippen LogP contribution is 2.36. The molecular formula is C28H36N2O2. The first-order chi connectivity index (χ1) is 15.6. The number of carbonyl (C=O) groups is 1. The van der Waals surface area contributed by atoms with Crippen LogP contribution in [0.2, 0.25) is 0 Å². The number of hydrogen-bond donors (Lipinski definition) is 0. The molecule has 2 fully saturated rings. The van der Waals surface area contributed by atoms with Crippen LogP contribution < -0.4 is 9.64 Å². The minimum Gasteiger partial charge on any atom is -0.495 e. The van der Waals surface area contributed by atoms with Gasteiger partial charge in [0.15, 0.2) is 0 Å². The molecule has 1 atom stereocenters. The van der Waals surface area contributed by atoms with Gasteiger partial charge in [-0.2, -0.15) is 0 Å². The maximum atomic E-state index is 13.7. The fourth-order valence-electron chi connectivity index (χ4n) is 5.15. The Balaban J connectivity index is 1.48. The number of ether oxygens (including phenoxy) is 1. The summed E-state index contributed by atoms with van der Waals surface area (Å²) < 4.78 is 5.54. The lowest BCUT2D eigenvalue weighted by atomic mass is 9.70. The Labute approximate surface area is 192 Å². The molecule has 0 radical (unpaired) electrons. The van der Waals surface area contributed by atoms with Crippen LogP contribution in [0.25, 0.3) is 0 Å². The zero-order valence-corrected chi connectivity index (χ0v) is 19.5. The van der Waals surface area contributed by atoms with E-state index in [0.29, 0.717) is 5.78 Å². The highest BCUT2D eigenvalue weighted by molar-refractivity contribution is 5.93. The topological polar surface area (TPSA) is 32.8 Å². The van der Waals surface area contributed by atoms with Gasteiger partial charge in [-0.3, -0.25) is 4.79 Å². The number of Topliss-reactive ketones (excluding diaryl/α,β-unsaturated/α-hetero) is 1. The van der Waals surface area contributed by atoms with E-state index in [9.17, 15) is 4.79 Å². The van der Waals surface area contributed by atoms with Crippen molar-refractivity contribution in [3.05, 3.63) is 72.4 Å². The maximum absolute atomic E-state index is 13.7. The van der Waals surface area contributed by atoms with Crippen LogP contribution in [0.4, 0.5) is 5.69 Å². The van der Waals surface area contributed by atoms with Crippen molar-refractivity contribution in [2.24, 2.45) is 5.92 Å². The predicted octanol–water partition coefficient (Wildman–Crippen LogP) is 5.44. The second-order valence-electron chi connectivity index (χ2n) is 9.28. The lowest BCUT2D eigenvalue weighted by molar-refractivity contribution is -0.127. The molecule has 1 heterocycles. The van der Waals surface area contributed by atoms with Crippen LogP contribution in [0.5, 0.6) is 5.75 Å². The van der Waals surface area contributed by atoms with Gasteiger partial charge in [0.2, 0.25) is 0 Å². The van der Waals surface area contributed by atoms with Crippen molar-refractivity contribution in [3.8, 4) is 5.75 Å². The molecule has 2 aromatic rings. The third-order valence-corrected chi connectivity index (χ3v) is 7.22. The maximum Gasteiger partial charge on any atom is 0.150 e. The molecule has 2 aliphatic rings. The summed E-state index contributed by atoms with van der Waals surface area (Å²) in [6, 6.07) is 18.5. The first-order valence-corrected chi connectivity index (χ1v) is 12.0. The molecule has 0 aromatic heterocycles. The summed E-state index contributed by atoms with van der Waals surface area (Å²) in [5, 5.41) is 0. The van der Waals surface area contributed by atoms with Crippen LogP contribution in [0.15, 0.2) is 66.9 Å². The standard InChI is InChI=1S/C28H36N2O2/c1-28(24-13-7-4-8-14-24,27(31)23-11-5-3-6-12-23)17-18-29-19-21-30(22-20-29)25-15-9-10-16-26(25)32-2/h4,7-10,13-18,23H,3,5-6,11-12,19-22H2,1-2H3. The molecule has 1 aliphatic heterocycles. The number of anilines is 1. The third kappa shape index (κ3) is 4.85. The quantitative estimate of drug-likeness (QED) is 0.583. The van der Waals surface area contributed by atoms with Gasteiger partial charge in [0.25, 0.3) is 0 Å². The molecule has 0 amide bonds. The number of nitrogens with zero attached hydrogens (tertiary/aromatic N) is 2. The Morgan fingerprint density at radius 3 is 2.28 bits per heavy atom. The first-order valence-electron chi connectivity index (χ1n) is 12.0. The zero-order valence-electron chi connectivity index (χ0n) is 19.5. The van der Waals surface area contributed by atoms with Crippen LogP contribution in [0, 0.1) is 5.92 Å². The smallest absolute Gasteiger partial charge is 0.150 e. The molecule has 2 aromatic carbocycles. The van der Waals surface area contributed by atoms with E-state index in [-0.39, 0.29) is 5.92 Å². The SMILES string of the molecule is COc1ccccc1N1CCN(C=CC(C)(C(=O)C2CCCCC2)c2ccccc2)CC1. The van der Waals surface area contributed by atoms with Crippen molar-refractivity contribution in [2.75, 3.05) is 38.2 Å².